The van der Waals surface area contributed by atoms with Crippen LogP contribution in [0.2, 0.25) is 0 Å². The average Bonchev–Trinajstić information content (AvgIpc) is 4.16. The summed E-state index contributed by atoms with van der Waals surface area (Å²) in [5.74, 6) is 1.88. The highest BCUT2D eigenvalue weighted by molar-refractivity contribution is 7.26. The lowest BCUT2D eigenvalue weighted by atomic mass is 9.93. The monoisotopic (exact) mass is 1040 g/mol. The second-order valence-corrected chi connectivity index (χ2v) is 21.4. The van der Waals surface area contributed by atoms with Crippen molar-refractivity contribution >= 4 is 53.3 Å². The molecular weight excluding hydrogens is 989 g/mol. The van der Waals surface area contributed by atoms with Gasteiger partial charge in [0.05, 0.1) is 11.0 Å². The molecule has 0 spiro atoms. The number of fused-ring (bicyclic) bond motifs is 6. The van der Waals surface area contributed by atoms with Gasteiger partial charge in [-0.2, -0.15) is 0 Å². The van der Waals surface area contributed by atoms with Gasteiger partial charge in [0.1, 0.15) is 0 Å². The summed E-state index contributed by atoms with van der Waals surface area (Å²) < 4.78 is 4.82. The van der Waals surface area contributed by atoms with Crippen molar-refractivity contribution in [1.82, 2.24) is 19.5 Å². The number of thiophene rings is 1. The van der Waals surface area contributed by atoms with E-state index in [4.69, 9.17) is 15.0 Å². The third kappa shape index (κ3) is 8.63. The van der Waals surface area contributed by atoms with Crippen LogP contribution in [0.3, 0.4) is 0 Å². The smallest absolute Gasteiger partial charge is 0.164 e. The molecule has 0 saturated heterocycles. The normalized spacial score (nSPS) is 11.5. The van der Waals surface area contributed by atoms with Gasteiger partial charge < -0.3 is 4.57 Å². The summed E-state index contributed by atoms with van der Waals surface area (Å²) >= 11 is 1.80. The summed E-state index contributed by atoms with van der Waals surface area (Å²) in [4.78, 5) is 15.9. The molecule has 15 aromatic rings. The van der Waals surface area contributed by atoms with Gasteiger partial charge in [-0.3, -0.25) is 0 Å². The molecule has 0 radical (unpaired) electrons. The van der Waals surface area contributed by atoms with E-state index in [1.807, 2.05) is 18.2 Å². The molecular formula is C75H48N4S. The lowest BCUT2D eigenvalue weighted by Gasteiger charge is -2.14. The van der Waals surface area contributed by atoms with Crippen LogP contribution in [0.4, 0.5) is 0 Å². The molecule has 0 aliphatic heterocycles. The molecule has 12 aromatic carbocycles. The summed E-state index contributed by atoms with van der Waals surface area (Å²) in [5, 5.41) is 4.72. The maximum atomic E-state index is 5.40. The highest BCUT2D eigenvalue weighted by atomic mass is 32.1. The first-order valence-corrected chi connectivity index (χ1v) is 27.9. The van der Waals surface area contributed by atoms with Crippen molar-refractivity contribution in [2.24, 2.45) is 0 Å². The van der Waals surface area contributed by atoms with Crippen molar-refractivity contribution in [1.29, 1.82) is 0 Å². The summed E-state index contributed by atoms with van der Waals surface area (Å²) in [6.07, 6.45) is 0. The van der Waals surface area contributed by atoms with Crippen molar-refractivity contribution in [3.8, 4) is 107 Å². The third-order valence-electron chi connectivity index (χ3n) is 15.4. The number of rotatable bonds is 10. The fraction of sp³-hybridized carbons (Fsp3) is 0. The molecule has 0 N–H and O–H groups in total. The van der Waals surface area contributed by atoms with Gasteiger partial charge in [-0.1, -0.05) is 212 Å². The van der Waals surface area contributed by atoms with E-state index in [1.54, 1.807) is 11.3 Å². The molecule has 0 bridgehead atoms. The van der Waals surface area contributed by atoms with Crippen LogP contribution in [0.25, 0.3) is 149 Å². The summed E-state index contributed by atoms with van der Waals surface area (Å²) in [6.45, 7) is 0. The molecule has 3 aromatic heterocycles. The minimum Gasteiger partial charge on any atom is -0.309 e. The van der Waals surface area contributed by atoms with Crippen LogP contribution in [-0.2, 0) is 0 Å². The largest absolute Gasteiger partial charge is 0.309 e. The number of aromatic nitrogens is 4. The van der Waals surface area contributed by atoms with E-state index in [0.29, 0.717) is 17.5 Å². The predicted molar refractivity (Wildman–Crippen MR) is 336 cm³/mol. The van der Waals surface area contributed by atoms with Gasteiger partial charge in [0, 0.05) is 53.3 Å². The van der Waals surface area contributed by atoms with E-state index in [1.165, 1.54) is 64.5 Å². The lowest BCUT2D eigenvalue weighted by molar-refractivity contribution is 1.08. The van der Waals surface area contributed by atoms with E-state index in [0.717, 1.165) is 66.7 Å². The van der Waals surface area contributed by atoms with Gasteiger partial charge in [-0.15, -0.1) is 11.3 Å². The van der Waals surface area contributed by atoms with Crippen molar-refractivity contribution in [2.45, 2.75) is 0 Å². The third-order valence-corrected chi connectivity index (χ3v) is 16.5. The Morgan fingerprint density at radius 2 is 0.650 bits per heavy atom. The highest BCUT2D eigenvalue weighted by Gasteiger charge is 2.20. The molecule has 15 rings (SSSR count). The fourth-order valence-electron chi connectivity index (χ4n) is 11.5. The van der Waals surface area contributed by atoms with Crippen LogP contribution in [-0.4, -0.2) is 19.5 Å². The van der Waals surface area contributed by atoms with Gasteiger partial charge in [0.15, 0.2) is 17.5 Å². The predicted octanol–water partition coefficient (Wildman–Crippen LogP) is 20.3. The molecule has 0 amide bonds. The Morgan fingerprint density at radius 1 is 0.237 bits per heavy atom. The number of para-hydroxylation sites is 1. The molecule has 0 saturated carbocycles. The molecule has 0 aliphatic carbocycles. The minimum absolute atomic E-state index is 0.617. The van der Waals surface area contributed by atoms with Crippen LogP contribution >= 0.6 is 11.3 Å². The van der Waals surface area contributed by atoms with E-state index >= 15 is 0 Å². The Bertz CT molecular complexity index is 4680. The molecule has 5 heteroatoms. The average molecular weight is 1040 g/mol. The fourth-order valence-corrected chi connectivity index (χ4v) is 12.6. The van der Waals surface area contributed by atoms with Gasteiger partial charge in [-0.05, 0) is 146 Å². The molecule has 374 valence electrons. The number of hydrogen-bond donors (Lipinski definition) is 0. The summed E-state index contributed by atoms with van der Waals surface area (Å²) in [5.41, 5.74) is 20.1. The van der Waals surface area contributed by atoms with Gasteiger partial charge >= 0.3 is 0 Å². The standard InChI is InChI=1S/C75H48N4S/c1-6-20-49(21-7-1)58-41-59(50-22-8-2-9-23-50)43-60(42-58)54-30-18-31-57(40-54)74-76-73(53-28-14-5-15-29-53)77-75(78-74)65-33-19-35-71-72(65)67-48-56(37-39-70(67)80-71)55-36-38-69-66(47-55)64-32-16-17-34-68(64)79(69)63-45-61(51-24-10-3-11-25-51)44-62(46-63)52-26-12-4-13-27-52/h1-48H. The Balaban J connectivity index is 0.853. The lowest BCUT2D eigenvalue weighted by Crippen LogP contribution is -2.00. The van der Waals surface area contributed by atoms with Crippen molar-refractivity contribution in [3.63, 3.8) is 0 Å². The quantitative estimate of drug-likeness (QED) is 0.137. The molecule has 0 unspecified atom stereocenters. The second kappa shape index (κ2) is 19.9. The molecule has 0 fully saturated rings. The topological polar surface area (TPSA) is 43.6 Å². The van der Waals surface area contributed by atoms with Crippen molar-refractivity contribution in [2.75, 3.05) is 0 Å². The van der Waals surface area contributed by atoms with Crippen LogP contribution in [0.15, 0.2) is 291 Å². The van der Waals surface area contributed by atoms with Crippen LogP contribution < -0.4 is 0 Å². The Hall–Kier alpha value is -10.3. The van der Waals surface area contributed by atoms with Gasteiger partial charge in [-0.25, -0.2) is 15.0 Å². The van der Waals surface area contributed by atoms with Crippen molar-refractivity contribution < 1.29 is 0 Å². The summed E-state index contributed by atoms with van der Waals surface area (Å²) in [6, 6.07) is 105. The number of benzene rings is 12. The van der Waals surface area contributed by atoms with E-state index < -0.39 is 0 Å². The Labute approximate surface area is 467 Å². The van der Waals surface area contributed by atoms with E-state index in [-0.39, 0.29) is 0 Å². The molecule has 4 nitrogen and oxygen atoms in total. The van der Waals surface area contributed by atoms with Crippen LogP contribution in [0.5, 0.6) is 0 Å². The Morgan fingerprint density at radius 3 is 1.25 bits per heavy atom. The zero-order valence-corrected chi connectivity index (χ0v) is 44.2. The van der Waals surface area contributed by atoms with Crippen molar-refractivity contribution in [3.05, 3.63) is 291 Å². The highest BCUT2D eigenvalue weighted by Crippen LogP contribution is 2.44. The first-order valence-electron chi connectivity index (χ1n) is 27.1. The van der Waals surface area contributed by atoms with Crippen LogP contribution in [0, 0.1) is 0 Å². The molecule has 0 aliphatic rings. The summed E-state index contributed by atoms with van der Waals surface area (Å²) in [7, 11) is 0. The zero-order chi connectivity index (χ0) is 52.9. The number of nitrogens with zero attached hydrogens (tertiary/aromatic N) is 4. The maximum Gasteiger partial charge on any atom is 0.164 e. The maximum absolute atomic E-state index is 5.40. The Kier molecular flexibility index (Phi) is 11.7. The van der Waals surface area contributed by atoms with E-state index in [9.17, 15) is 0 Å². The molecule has 0 atom stereocenters. The minimum atomic E-state index is 0.617. The number of hydrogen-bond acceptors (Lipinski definition) is 4. The second-order valence-electron chi connectivity index (χ2n) is 20.4. The first-order chi connectivity index (χ1) is 39.6. The first kappa shape index (κ1) is 46.9. The SMILES string of the molecule is c1ccc(-c2cc(-c3ccccc3)cc(-c3cccc(-c4nc(-c5ccccc5)nc(-c5cccc6sc7ccc(-c8ccc9c(c8)c8ccccc8n9-c8cc(-c9ccccc9)cc(-c9ccccc9)c8)cc7c56)n4)c3)c2)cc1. The molecule has 3 heterocycles. The van der Waals surface area contributed by atoms with Gasteiger partial charge in [0.2, 0.25) is 0 Å². The van der Waals surface area contributed by atoms with Gasteiger partial charge in [0.25, 0.3) is 0 Å². The molecule has 80 heavy (non-hydrogen) atoms. The van der Waals surface area contributed by atoms with E-state index in [2.05, 4.69) is 278 Å². The van der Waals surface area contributed by atoms with Crippen LogP contribution in [0.1, 0.15) is 0 Å². The zero-order valence-electron chi connectivity index (χ0n) is 43.4.